The van der Waals surface area contributed by atoms with Gasteiger partial charge >= 0.3 is 0 Å². The van der Waals surface area contributed by atoms with Crippen LogP contribution in [0.5, 0.6) is 11.6 Å². The van der Waals surface area contributed by atoms with Crippen LogP contribution in [0.15, 0.2) is 67.3 Å². The van der Waals surface area contributed by atoms with Crippen molar-refractivity contribution in [1.82, 2.24) is 14.7 Å². The molecule has 3 aromatic rings. The van der Waals surface area contributed by atoms with Crippen LogP contribution in [0.3, 0.4) is 0 Å². The lowest BCUT2D eigenvalue weighted by Crippen LogP contribution is -2.40. The molecule has 2 aromatic carbocycles. The molecule has 0 aliphatic heterocycles. The van der Waals surface area contributed by atoms with Gasteiger partial charge in [-0.15, -0.1) is 6.58 Å². The Morgan fingerprint density at radius 3 is 2.48 bits per heavy atom. The molecule has 4 rings (SSSR count). The maximum absolute atomic E-state index is 10.7. The Morgan fingerprint density at radius 1 is 1.18 bits per heavy atom. The minimum atomic E-state index is -0.950. The Balaban J connectivity index is 1.75. The highest BCUT2D eigenvalue weighted by molar-refractivity contribution is 5.44. The van der Waals surface area contributed by atoms with Gasteiger partial charge in [0.2, 0.25) is 5.88 Å². The second-order valence-corrected chi connectivity index (χ2v) is 9.42. The van der Waals surface area contributed by atoms with Gasteiger partial charge in [0, 0.05) is 19.6 Å². The normalized spacial score (nSPS) is 15.4. The second-order valence-electron chi connectivity index (χ2n) is 9.42. The summed E-state index contributed by atoms with van der Waals surface area (Å²) in [5, 5.41) is 15.7. The van der Waals surface area contributed by atoms with E-state index in [0.717, 1.165) is 41.5 Å². The lowest BCUT2D eigenvalue weighted by molar-refractivity contribution is 0.0564. The molecular formula is C28H35N3O2. The van der Waals surface area contributed by atoms with E-state index in [1.165, 1.54) is 18.4 Å². The van der Waals surface area contributed by atoms with Crippen molar-refractivity contribution < 1.29 is 9.84 Å². The van der Waals surface area contributed by atoms with Crippen molar-refractivity contribution >= 4 is 0 Å². The van der Waals surface area contributed by atoms with Crippen molar-refractivity contribution in [2.24, 2.45) is 5.92 Å². The van der Waals surface area contributed by atoms with Gasteiger partial charge in [-0.3, -0.25) is 4.90 Å². The lowest BCUT2D eigenvalue weighted by Gasteiger charge is -2.30. The lowest BCUT2D eigenvalue weighted by atomic mass is 10.1. The number of nitrogens with zero attached hydrogens (tertiary/aromatic N) is 3. The van der Waals surface area contributed by atoms with Gasteiger partial charge in [0.15, 0.2) is 0 Å². The molecule has 0 saturated heterocycles. The molecule has 1 heterocycles. The van der Waals surface area contributed by atoms with E-state index in [-0.39, 0.29) is 0 Å². The summed E-state index contributed by atoms with van der Waals surface area (Å²) in [6.45, 7) is 12.0. The Bertz CT molecular complexity index is 1070. The van der Waals surface area contributed by atoms with Gasteiger partial charge in [0.05, 0.1) is 22.5 Å². The fourth-order valence-electron chi connectivity index (χ4n) is 4.08. The van der Waals surface area contributed by atoms with Gasteiger partial charge < -0.3 is 9.84 Å². The minimum Gasteiger partial charge on any atom is -0.439 e. The third-order valence-electron chi connectivity index (χ3n) is 6.17. The number of ether oxygens (including phenoxy) is 1. The summed E-state index contributed by atoms with van der Waals surface area (Å²) >= 11 is 0. The third-order valence-corrected chi connectivity index (χ3v) is 6.17. The predicted molar refractivity (Wildman–Crippen MR) is 133 cm³/mol. The number of benzene rings is 2. The van der Waals surface area contributed by atoms with E-state index < -0.39 is 5.60 Å². The summed E-state index contributed by atoms with van der Waals surface area (Å²) in [6, 6.07) is 18.2. The molecule has 1 aliphatic carbocycles. The Morgan fingerprint density at radius 2 is 1.88 bits per heavy atom. The molecule has 1 atom stereocenters. The van der Waals surface area contributed by atoms with E-state index in [1.54, 1.807) is 6.08 Å². The topological polar surface area (TPSA) is 50.5 Å². The van der Waals surface area contributed by atoms with Gasteiger partial charge in [-0.05, 0) is 63.3 Å². The van der Waals surface area contributed by atoms with E-state index in [9.17, 15) is 5.11 Å². The summed E-state index contributed by atoms with van der Waals surface area (Å²) < 4.78 is 8.41. The Hall–Kier alpha value is -2.89. The second kappa shape index (κ2) is 9.94. The van der Waals surface area contributed by atoms with Crippen molar-refractivity contribution in [3.63, 3.8) is 0 Å². The fourth-order valence-corrected chi connectivity index (χ4v) is 4.08. The molecule has 5 heteroatoms. The van der Waals surface area contributed by atoms with Gasteiger partial charge in [-0.25, -0.2) is 4.68 Å². The standard InChI is InChI=1S/C28H35N3O2/c1-5-26-25(19-30(18-22-14-15-22)20-28(4,32)6-2)27(33-24-16-12-21(3)13-17-24)31(29-26)23-10-8-7-9-11-23/h6-13,16-17,22,32H,2,5,14-15,18-20H2,1,3-4H3/t28-/m0/s1. The van der Waals surface area contributed by atoms with Crippen LogP contribution in [0.25, 0.3) is 5.69 Å². The SMILES string of the molecule is C=C[C@](C)(O)CN(Cc1c(CC)nn(-c2ccccc2)c1Oc1ccc(C)cc1)CC1CC1. The highest BCUT2D eigenvalue weighted by atomic mass is 16.5. The maximum Gasteiger partial charge on any atom is 0.227 e. The highest BCUT2D eigenvalue weighted by Gasteiger charge is 2.30. The van der Waals surface area contributed by atoms with E-state index in [4.69, 9.17) is 9.84 Å². The van der Waals surface area contributed by atoms with Crippen LogP contribution in [0.4, 0.5) is 0 Å². The molecule has 0 unspecified atom stereocenters. The third kappa shape index (κ3) is 5.92. The van der Waals surface area contributed by atoms with Crippen molar-refractivity contribution in [2.45, 2.75) is 52.2 Å². The molecule has 1 fully saturated rings. The number of aromatic nitrogens is 2. The Kier molecular flexibility index (Phi) is 7.01. The van der Waals surface area contributed by atoms with Crippen LogP contribution in [0, 0.1) is 12.8 Å². The zero-order valence-electron chi connectivity index (χ0n) is 20.0. The van der Waals surface area contributed by atoms with Crippen LogP contribution < -0.4 is 4.74 Å². The van der Waals surface area contributed by atoms with Crippen molar-refractivity contribution in [3.8, 4) is 17.3 Å². The Labute approximate surface area is 197 Å². The average Bonchev–Trinajstić information content (AvgIpc) is 3.57. The minimum absolute atomic E-state index is 0.524. The zero-order valence-corrected chi connectivity index (χ0v) is 20.0. The number of aliphatic hydroxyl groups is 1. The van der Waals surface area contributed by atoms with Gasteiger partial charge in [0.25, 0.3) is 0 Å². The molecule has 33 heavy (non-hydrogen) atoms. The van der Waals surface area contributed by atoms with Crippen LogP contribution in [-0.2, 0) is 13.0 Å². The number of hydrogen-bond acceptors (Lipinski definition) is 4. The molecule has 1 aliphatic rings. The van der Waals surface area contributed by atoms with E-state index >= 15 is 0 Å². The number of para-hydroxylation sites is 1. The summed E-state index contributed by atoms with van der Waals surface area (Å²) in [7, 11) is 0. The molecule has 1 saturated carbocycles. The molecule has 0 amide bonds. The molecule has 1 N–H and O–H groups in total. The summed E-state index contributed by atoms with van der Waals surface area (Å²) in [4.78, 5) is 2.33. The van der Waals surface area contributed by atoms with E-state index in [0.29, 0.717) is 19.0 Å². The smallest absolute Gasteiger partial charge is 0.227 e. The number of rotatable bonds is 11. The molecule has 174 valence electrons. The largest absolute Gasteiger partial charge is 0.439 e. The first kappa shape index (κ1) is 23.3. The monoisotopic (exact) mass is 445 g/mol. The summed E-state index contributed by atoms with van der Waals surface area (Å²) in [6.07, 6.45) is 4.94. The molecule has 1 aromatic heterocycles. The van der Waals surface area contributed by atoms with E-state index in [1.807, 2.05) is 54.1 Å². The first-order valence-corrected chi connectivity index (χ1v) is 11.9. The highest BCUT2D eigenvalue weighted by Crippen LogP contribution is 2.35. The van der Waals surface area contributed by atoms with Crippen LogP contribution in [0.2, 0.25) is 0 Å². The summed E-state index contributed by atoms with van der Waals surface area (Å²) in [5.41, 5.74) is 3.29. The fraction of sp³-hybridized carbons (Fsp3) is 0.393. The molecule has 5 nitrogen and oxygen atoms in total. The van der Waals surface area contributed by atoms with Crippen LogP contribution in [-0.4, -0.2) is 38.5 Å². The van der Waals surface area contributed by atoms with Gasteiger partial charge in [-0.2, -0.15) is 5.10 Å². The van der Waals surface area contributed by atoms with Gasteiger partial charge in [-0.1, -0.05) is 48.9 Å². The quantitative estimate of drug-likeness (QED) is 0.386. The number of hydrogen-bond donors (Lipinski definition) is 1. The van der Waals surface area contributed by atoms with Gasteiger partial charge in [0.1, 0.15) is 5.75 Å². The van der Waals surface area contributed by atoms with Crippen molar-refractivity contribution in [3.05, 3.63) is 84.1 Å². The first-order valence-electron chi connectivity index (χ1n) is 11.9. The summed E-state index contributed by atoms with van der Waals surface area (Å²) in [5.74, 6) is 2.22. The molecule has 0 radical (unpaired) electrons. The first-order chi connectivity index (χ1) is 15.9. The van der Waals surface area contributed by atoms with E-state index in [2.05, 4.69) is 37.5 Å². The number of aryl methyl sites for hydroxylation is 2. The zero-order chi connectivity index (χ0) is 23.4. The van der Waals surface area contributed by atoms with Crippen LogP contribution >= 0.6 is 0 Å². The molecule has 0 bridgehead atoms. The maximum atomic E-state index is 10.7. The average molecular weight is 446 g/mol. The van der Waals surface area contributed by atoms with Crippen molar-refractivity contribution in [2.75, 3.05) is 13.1 Å². The van der Waals surface area contributed by atoms with Crippen LogP contribution in [0.1, 0.15) is 43.5 Å². The molecule has 0 spiro atoms. The van der Waals surface area contributed by atoms with Crippen molar-refractivity contribution in [1.29, 1.82) is 0 Å². The molecular weight excluding hydrogens is 410 g/mol. The predicted octanol–water partition coefficient (Wildman–Crippen LogP) is 5.68.